The van der Waals surface area contributed by atoms with Gasteiger partial charge in [0.25, 0.3) is 15.9 Å². The molecule has 0 aromatic heterocycles. The molecule has 1 saturated heterocycles. The summed E-state index contributed by atoms with van der Waals surface area (Å²) < 4.78 is 39.9. The molecule has 0 spiro atoms. The van der Waals surface area contributed by atoms with Crippen molar-refractivity contribution in [2.45, 2.75) is 50.3 Å². The quantitative estimate of drug-likeness (QED) is 0.452. The van der Waals surface area contributed by atoms with Crippen molar-refractivity contribution in [1.82, 2.24) is 10.2 Å². The number of benzene rings is 3. The second-order valence-electron chi connectivity index (χ2n) is 10.1. The van der Waals surface area contributed by atoms with Gasteiger partial charge in [-0.15, -0.1) is 0 Å². The first-order chi connectivity index (χ1) is 18.8. The zero-order valence-corrected chi connectivity index (χ0v) is 23.2. The number of nitrogens with zero attached hydrogens (tertiary/aromatic N) is 2. The van der Waals surface area contributed by atoms with Crippen LogP contribution in [0.1, 0.15) is 36.0 Å². The Hall–Kier alpha value is -3.56. The monoisotopic (exact) mass is 549 g/mol. The molecule has 1 N–H and O–H groups in total. The Morgan fingerprint density at radius 1 is 1.00 bits per heavy atom. The lowest BCUT2D eigenvalue weighted by Gasteiger charge is -2.35. The van der Waals surface area contributed by atoms with E-state index in [4.69, 9.17) is 9.47 Å². The van der Waals surface area contributed by atoms with E-state index >= 15 is 0 Å². The molecule has 9 heteroatoms. The molecule has 1 atom stereocenters. The first kappa shape index (κ1) is 27.0. The maximum absolute atomic E-state index is 13.7. The number of carbonyl (C=O) groups excluding carboxylic acids is 1. The van der Waals surface area contributed by atoms with Crippen molar-refractivity contribution >= 4 is 21.6 Å². The molecule has 5 rings (SSSR count). The minimum Gasteiger partial charge on any atom is -0.497 e. The largest absolute Gasteiger partial charge is 0.497 e. The first-order valence-corrected chi connectivity index (χ1v) is 14.8. The summed E-state index contributed by atoms with van der Waals surface area (Å²) in [5.41, 5.74) is 3.55. The SMILES string of the molecule is COc1ccc(S(=O)(=O)N2C[C@H](C(=O)NCc3ccccc3CN3CCCCC3)Oc3cc(C)ccc32)cc1. The fraction of sp³-hybridized carbons (Fsp3) is 0.367. The Morgan fingerprint density at radius 2 is 1.72 bits per heavy atom. The maximum atomic E-state index is 13.7. The normalized spacial score (nSPS) is 17.7. The predicted octanol–water partition coefficient (Wildman–Crippen LogP) is 4.26. The highest BCUT2D eigenvalue weighted by atomic mass is 32.2. The van der Waals surface area contributed by atoms with Crippen molar-refractivity contribution in [3.8, 4) is 11.5 Å². The summed E-state index contributed by atoms with van der Waals surface area (Å²) in [7, 11) is -2.43. The highest BCUT2D eigenvalue weighted by Gasteiger charge is 2.37. The van der Waals surface area contributed by atoms with Crippen LogP contribution < -0.4 is 19.1 Å². The summed E-state index contributed by atoms with van der Waals surface area (Å²) in [6.07, 6.45) is 2.72. The molecule has 8 nitrogen and oxygen atoms in total. The maximum Gasteiger partial charge on any atom is 0.264 e. The van der Waals surface area contributed by atoms with Gasteiger partial charge in [0.05, 0.1) is 24.2 Å². The number of aryl methyl sites for hydroxylation is 1. The molecule has 1 amide bonds. The molecule has 0 unspecified atom stereocenters. The number of sulfonamides is 1. The Labute approximate surface area is 230 Å². The minimum absolute atomic E-state index is 0.113. The molecule has 39 heavy (non-hydrogen) atoms. The number of amides is 1. The second-order valence-corrected chi connectivity index (χ2v) is 12.0. The third kappa shape index (κ3) is 6.04. The summed E-state index contributed by atoms with van der Waals surface area (Å²) in [4.78, 5) is 15.9. The van der Waals surface area contributed by atoms with E-state index in [1.807, 2.05) is 31.2 Å². The van der Waals surface area contributed by atoms with Crippen LogP contribution in [0.3, 0.4) is 0 Å². The van der Waals surface area contributed by atoms with Gasteiger partial charge >= 0.3 is 0 Å². The summed E-state index contributed by atoms with van der Waals surface area (Å²) in [5.74, 6) is 0.568. The molecular formula is C30H35N3O5S. The molecule has 2 aliphatic heterocycles. The van der Waals surface area contributed by atoms with Crippen LogP contribution in [0.2, 0.25) is 0 Å². The third-order valence-electron chi connectivity index (χ3n) is 7.34. The van der Waals surface area contributed by atoms with E-state index in [1.54, 1.807) is 24.3 Å². The van der Waals surface area contributed by atoms with Crippen molar-refractivity contribution in [3.05, 3.63) is 83.4 Å². The summed E-state index contributed by atoms with van der Waals surface area (Å²) >= 11 is 0. The lowest BCUT2D eigenvalue weighted by atomic mass is 10.0. The summed E-state index contributed by atoms with van der Waals surface area (Å²) in [6.45, 7) is 5.14. The number of piperidine rings is 1. The van der Waals surface area contributed by atoms with E-state index in [2.05, 4.69) is 16.3 Å². The summed E-state index contributed by atoms with van der Waals surface area (Å²) in [6, 6.07) is 19.7. The Kier molecular flexibility index (Phi) is 8.09. The molecule has 0 bridgehead atoms. The third-order valence-corrected chi connectivity index (χ3v) is 9.13. The van der Waals surface area contributed by atoms with Gasteiger partial charge in [0.2, 0.25) is 0 Å². The van der Waals surface area contributed by atoms with Crippen LogP contribution in [0.4, 0.5) is 5.69 Å². The molecule has 1 fully saturated rings. The highest BCUT2D eigenvalue weighted by Crippen LogP contribution is 2.38. The lowest BCUT2D eigenvalue weighted by molar-refractivity contribution is -0.127. The zero-order valence-electron chi connectivity index (χ0n) is 22.4. The van der Waals surface area contributed by atoms with Gasteiger partial charge in [-0.05, 0) is 85.9 Å². The van der Waals surface area contributed by atoms with E-state index in [0.29, 0.717) is 23.7 Å². The number of anilines is 1. The van der Waals surface area contributed by atoms with E-state index < -0.39 is 16.1 Å². The van der Waals surface area contributed by atoms with Gasteiger partial charge < -0.3 is 14.8 Å². The van der Waals surface area contributed by atoms with Crippen LogP contribution in [0, 0.1) is 6.92 Å². The van der Waals surface area contributed by atoms with Crippen molar-refractivity contribution in [1.29, 1.82) is 0 Å². The number of ether oxygens (including phenoxy) is 2. The predicted molar refractivity (Wildman–Crippen MR) is 151 cm³/mol. The van der Waals surface area contributed by atoms with Crippen molar-refractivity contribution in [2.75, 3.05) is 31.0 Å². The average Bonchev–Trinajstić information content (AvgIpc) is 2.96. The van der Waals surface area contributed by atoms with Gasteiger partial charge in [0.15, 0.2) is 6.10 Å². The molecule has 206 valence electrons. The zero-order chi connectivity index (χ0) is 27.4. The standard InChI is InChI=1S/C30H35N3O5S/c1-22-10-15-27-28(18-22)38-29(21-33(27)39(35,36)26-13-11-25(37-2)12-14-26)30(34)31-19-23-8-4-5-9-24(23)20-32-16-6-3-7-17-32/h4-5,8-15,18,29H,3,6-7,16-17,19-21H2,1-2H3,(H,31,34)/t29-/m1/s1. The number of hydrogen-bond donors (Lipinski definition) is 1. The van der Waals surface area contributed by atoms with Crippen molar-refractivity contribution < 1.29 is 22.7 Å². The van der Waals surface area contributed by atoms with Crippen molar-refractivity contribution in [3.63, 3.8) is 0 Å². The van der Waals surface area contributed by atoms with Crippen LogP contribution in [-0.2, 0) is 27.9 Å². The molecule has 0 aliphatic carbocycles. The van der Waals surface area contributed by atoms with Crippen molar-refractivity contribution in [2.24, 2.45) is 0 Å². The molecule has 2 heterocycles. The fourth-order valence-electron chi connectivity index (χ4n) is 5.14. The van der Waals surface area contributed by atoms with Gasteiger partial charge in [-0.25, -0.2) is 8.42 Å². The topological polar surface area (TPSA) is 88.2 Å². The van der Waals surface area contributed by atoms with Gasteiger partial charge in [0.1, 0.15) is 11.5 Å². The van der Waals surface area contributed by atoms with Crippen LogP contribution in [0.25, 0.3) is 0 Å². The highest BCUT2D eigenvalue weighted by molar-refractivity contribution is 7.92. The number of rotatable bonds is 8. The molecule has 2 aliphatic rings. The second kappa shape index (κ2) is 11.7. The number of fused-ring (bicyclic) bond motifs is 1. The van der Waals surface area contributed by atoms with E-state index in [1.165, 1.54) is 48.4 Å². The van der Waals surface area contributed by atoms with Gasteiger partial charge in [-0.3, -0.25) is 14.0 Å². The minimum atomic E-state index is -3.96. The van der Waals surface area contributed by atoms with Crippen LogP contribution >= 0.6 is 0 Å². The van der Waals surface area contributed by atoms with E-state index in [9.17, 15) is 13.2 Å². The van der Waals surface area contributed by atoms with Crippen LogP contribution in [0.5, 0.6) is 11.5 Å². The molecule has 3 aromatic carbocycles. The number of hydrogen-bond acceptors (Lipinski definition) is 6. The number of methoxy groups -OCH3 is 1. The van der Waals surface area contributed by atoms with Gasteiger partial charge in [0, 0.05) is 13.1 Å². The summed E-state index contributed by atoms with van der Waals surface area (Å²) in [5, 5.41) is 3.00. The van der Waals surface area contributed by atoms with Crippen LogP contribution in [0.15, 0.2) is 71.6 Å². The number of carbonyl (C=O) groups is 1. The molecular weight excluding hydrogens is 514 g/mol. The smallest absolute Gasteiger partial charge is 0.264 e. The Balaban J connectivity index is 1.34. The van der Waals surface area contributed by atoms with Crippen LogP contribution in [-0.4, -0.2) is 52.1 Å². The van der Waals surface area contributed by atoms with E-state index in [-0.39, 0.29) is 17.3 Å². The molecule has 0 radical (unpaired) electrons. The fourth-order valence-corrected chi connectivity index (χ4v) is 6.61. The van der Waals surface area contributed by atoms with E-state index in [0.717, 1.165) is 30.8 Å². The van der Waals surface area contributed by atoms with Gasteiger partial charge in [-0.2, -0.15) is 0 Å². The Bertz CT molecular complexity index is 1420. The average molecular weight is 550 g/mol. The molecule has 0 saturated carbocycles. The Morgan fingerprint density at radius 3 is 2.44 bits per heavy atom. The number of nitrogens with one attached hydrogen (secondary N) is 1. The first-order valence-electron chi connectivity index (χ1n) is 13.4. The molecule has 3 aromatic rings. The lowest BCUT2D eigenvalue weighted by Crippen LogP contribution is -2.50. The number of likely N-dealkylation sites (tertiary alicyclic amines) is 1. The van der Waals surface area contributed by atoms with Gasteiger partial charge in [-0.1, -0.05) is 36.8 Å².